The number of carbonyl (C=O) groups is 3. The second-order valence-corrected chi connectivity index (χ2v) is 8.95. The smallest absolute Gasteiger partial charge is 0.227 e. The molecule has 2 atom stereocenters. The Morgan fingerprint density at radius 1 is 1.06 bits per heavy atom. The molecule has 0 bridgehead atoms. The molecule has 5 heteroatoms. The summed E-state index contributed by atoms with van der Waals surface area (Å²) in [6, 6.07) is 13.9. The van der Waals surface area contributed by atoms with Crippen LogP contribution in [-0.4, -0.2) is 34.5 Å². The third-order valence-electron chi connectivity index (χ3n) is 6.39. The minimum atomic E-state index is -0.913. The summed E-state index contributed by atoms with van der Waals surface area (Å²) in [5.41, 5.74) is 1.93. The summed E-state index contributed by atoms with van der Waals surface area (Å²) in [7, 11) is 0. The maximum absolute atomic E-state index is 13.4. The number of amides is 1. The highest BCUT2D eigenvalue weighted by molar-refractivity contribution is 5.96. The Kier molecular flexibility index (Phi) is 6.73. The molecule has 1 aliphatic rings. The van der Waals surface area contributed by atoms with Gasteiger partial charge in [0, 0.05) is 31.7 Å². The van der Waals surface area contributed by atoms with Gasteiger partial charge in [0.2, 0.25) is 5.91 Å². The fraction of sp³-hybridized carbons (Fsp3) is 0.423. The molecular formula is C26H30FNO3. The molecule has 3 rings (SSSR count). The first kappa shape index (κ1) is 22.9. The van der Waals surface area contributed by atoms with Gasteiger partial charge in [0.15, 0.2) is 5.78 Å². The van der Waals surface area contributed by atoms with E-state index in [9.17, 15) is 18.8 Å². The summed E-state index contributed by atoms with van der Waals surface area (Å²) in [4.78, 5) is 40.5. The number of ketones is 2. The molecule has 0 radical (unpaired) electrons. The van der Waals surface area contributed by atoms with Crippen LogP contribution in [-0.2, 0) is 20.8 Å². The van der Waals surface area contributed by atoms with Gasteiger partial charge in [-0.05, 0) is 44.0 Å². The van der Waals surface area contributed by atoms with E-state index >= 15 is 0 Å². The van der Waals surface area contributed by atoms with Gasteiger partial charge in [0.25, 0.3) is 0 Å². The molecule has 1 saturated heterocycles. The van der Waals surface area contributed by atoms with Gasteiger partial charge in [-0.3, -0.25) is 14.4 Å². The van der Waals surface area contributed by atoms with Crippen molar-refractivity contribution in [2.24, 2.45) is 5.92 Å². The summed E-state index contributed by atoms with van der Waals surface area (Å²) in [5.74, 6) is -1.23. The molecule has 0 aliphatic carbocycles. The van der Waals surface area contributed by atoms with Crippen molar-refractivity contribution in [3.05, 3.63) is 71.0 Å². The lowest BCUT2D eigenvalue weighted by Crippen LogP contribution is -2.51. The van der Waals surface area contributed by atoms with Crippen LogP contribution in [0.5, 0.6) is 0 Å². The molecule has 31 heavy (non-hydrogen) atoms. The third kappa shape index (κ3) is 4.92. The van der Waals surface area contributed by atoms with E-state index in [-0.39, 0.29) is 42.1 Å². The van der Waals surface area contributed by atoms with Crippen LogP contribution in [0.25, 0.3) is 0 Å². The molecule has 2 aromatic carbocycles. The van der Waals surface area contributed by atoms with Crippen molar-refractivity contribution in [2.75, 3.05) is 6.54 Å². The monoisotopic (exact) mass is 423 g/mol. The van der Waals surface area contributed by atoms with Crippen LogP contribution in [0, 0.1) is 18.7 Å². The van der Waals surface area contributed by atoms with E-state index in [1.165, 1.54) is 12.1 Å². The van der Waals surface area contributed by atoms with E-state index in [1.807, 2.05) is 31.2 Å². The van der Waals surface area contributed by atoms with Gasteiger partial charge in [-0.1, -0.05) is 48.9 Å². The highest BCUT2D eigenvalue weighted by atomic mass is 19.1. The van der Waals surface area contributed by atoms with Crippen molar-refractivity contribution in [1.82, 2.24) is 4.90 Å². The zero-order chi connectivity index (χ0) is 22.8. The molecule has 1 aliphatic heterocycles. The van der Waals surface area contributed by atoms with E-state index in [2.05, 4.69) is 0 Å². The summed E-state index contributed by atoms with van der Waals surface area (Å²) >= 11 is 0. The van der Waals surface area contributed by atoms with Crippen LogP contribution in [0.3, 0.4) is 0 Å². The fourth-order valence-corrected chi connectivity index (χ4v) is 4.40. The van der Waals surface area contributed by atoms with Crippen LogP contribution in [0.4, 0.5) is 4.39 Å². The minimum Gasteiger partial charge on any atom is -0.330 e. The molecule has 4 nitrogen and oxygen atoms in total. The molecule has 0 spiro atoms. The molecule has 0 unspecified atom stereocenters. The lowest BCUT2D eigenvalue weighted by atomic mass is 9.84. The predicted molar refractivity (Wildman–Crippen MR) is 118 cm³/mol. The van der Waals surface area contributed by atoms with Crippen LogP contribution in [0.1, 0.15) is 56.2 Å². The van der Waals surface area contributed by atoms with Gasteiger partial charge in [-0.25, -0.2) is 4.39 Å². The van der Waals surface area contributed by atoms with E-state index < -0.39 is 11.5 Å². The van der Waals surface area contributed by atoms with E-state index in [1.54, 1.807) is 37.8 Å². The Morgan fingerprint density at radius 3 is 2.26 bits per heavy atom. The second-order valence-electron chi connectivity index (χ2n) is 8.95. The van der Waals surface area contributed by atoms with Crippen LogP contribution >= 0.6 is 0 Å². The molecule has 0 saturated carbocycles. The van der Waals surface area contributed by atoms with Crippen molar-refractivity contribution in [3.63, 3.8) is 0 Å². The molecule has 0 N–H and O–H groups in total. The first-order valence-electron chi connectivity index (χ1n) is 10.8. The van der Waals surface area contributed by atoms with Crippen molar-refractivity contribution >= 4 is 17.5 Å². The van der Waals surface area contributed by atoms with Crippen molar-refractivity contribution in [2.45, 2.75) is 58.4 Å². The van der Waals surface area contributed by atoms with Crippen LogP contribution < -0.4 is 0 Å². The van der Waals surface area contributed by atoms with Gasteiger partial charge in [0.1, 0.15) is 11.6 Å². The Bertz CT molecular complexity index is 963. The predicted octanol–water partition coefficient (Wildman–Crippen LogP) is 4.64. The van der Waals surface area contributed by atoms with Gasteiger partial charge in [0.05, 0.1) is 11.5 Å². The van der Waals surface area contributed by atoms with E-state index in [0.29, 0.717) is 13.0 Å². The summed E-state index contributed by atoms with van der Waals surface area (Å²) < 4.78 is 13.2. The average Bonchev–Trinajstić information content (AvgIpc) is 3.06. The molecule has 0 aromatic heterocycles. The van der Waals surface area contributed by atoms with E-state index in [0.717, 1.165) is 16.7 Å². The van der Waals surface area contributed by atoms with Crippen molar-refractivity contribution in [3.8, 4) is 0 Å². The lowest BCUT2D eigenvalue weighted by Gasteiger charge is -2.34. The zero-order valence-corrected chi connectivity index (χ0v) is 18.7. The normalized spacial score (nSPS) is 19.0. The quantitative estimate of drug-likeness (QED) is 0.622. The Balaban J connectivity index is 1.86. The Morgan fingerprint density at radius 2 is 1.68 bits per heavy atom. The highest BCUT2D eigenvalue weighted by Crippen LogP contribution is 2.40. The molecule has 1 fully saturated rings. The van der Waals surface area contributed by atoms with E-state index in [4.69, 9.17) is 0 Å². The summed E-state index contributed by atoms with van der Waals surface area (Å²) in [6.45, 7) is 7.78. The number of Topliss-reactive ketones (excluding diaryl/α,β-unsaturated/α-hetero) is 2. The number of rotatable bonds is 8. The number of benzene rings is 2. The highest BCUT2D eigenvalue weighted by Gasteiger charge is 2.48. The van der Waals surface area contributed by atoms with Crippen molar-refractivity contribution < 1.29 is 18.8 Å². The molecule has 1 amide bonds. The fourth-order valence-electron chi connectivity index (χ4n) is 4.40. The van der Waals surface area contributed by atoms with Crippen LogP contribution in [0.2, 0.25) is 0 Å². The van der Waals surface area contributed by atoms with Gasteiger partial charge in [-0.2, -0.15) is 0 Å². The van der Waals surface area contributed by atoms with Gasteiger partial charge < -0.3 is 4.90 Å². The topological polar surface area (TPSA) is 54.5 Å². The average molecular weight is 424 g/mol. The molecular weight excluding hydrogens is 393 g/mol. The number of likely N-dealkylation sites (tertiary alicyclic amines) is 1. The Labute approximate surface area is 183 Å². The van der Waals surface area contributed by atoms with Crippen LogP contribution in [0.15, 0.2) is 48.5 Å². The third-order valence-corrected chi connectivity index (χ3v) is 6.39. The molecule has 2 aromatic rings. The minimum absolute atomic E-state index is 0.00166. The van der Waals surface area contributed by atoms with Gasteiger partial charge >= 0.3 is 0 Å². The van der Waals surface area contributed by atoms with Gasteiger partial charge in [-0.15, -0.1) is 0 Å². The second kappa shape index (κ2) is 9.13. The first-order valence-corrected chi connectivity index (χ1v) is 10.8. The summed E-state index contributed by atoms with van der Waals surface area (Å²) in [5, 5.41) is 0. The maximum atomic E-state index is 13.4. The number of hydrogen-bond donors (Lipinski definition) is 0. The number of halogens is 1. The number of nitrogens with zero attached hydrogens (tertiary/aromatic N) is 1. The lowest BCUT2D eigenvalue weighted by molar-refractivity contribution is -0.143. The standard InChI is InChI=1S/C26H30FNO3/c1-5-24(30)26(3,4)28-16-23(19-10-6-17(2)7-11-19)22(25(28)31)15-21(29)14-18-8-12-20(27)13-9-18/h6-13,22-23H,5,14-16H2,1-4H3/t22-,23-/m0/s1. The molecule has 1 heterocycles. The SMILES string of the molecule is CCC(=O)C(C)(C)N1C[C@@H](c2ccc(C)cc2)[C@H](CC(=O)Cc2ccc(F)cc2)C1=O. The number of hydrogen-bond acceptors (Lipinski definition) is 3. The molecule has 164 valence electrons. The Hall–Kier alpha value is -2.82. The largest absolute Gasteiger partial charge is 0.330 e. The zero-order valence-electron chi connectivity index (χ0n) is 18.7. The maximum Gasteiger partial charge on any atom is 0.227 e. The summed E-state index contributed by atoms with van der Waals surface area (Å²) in [6.07, 6.45) is 0.601. The number of aryl methyl sites for hydroxylation is 1. The number of carbonyl (C=O) groups excluding carboxylic acids is 3. The first-order chi connectivity index (χ1) is 14.6. The van der Waals surface area contributed by atoms with Crippen molar-refractivity contribution in [1.29, 1.82) is 0 Å².